The molecule has 2 N–H and O–H groups in total. The summed E-state index contributed by atoms with van der Waals surface area (Å²) in [6.45, 7) is 6.44. The fourth-order valence-electron chi connectivity index (χ4n) is 3.56. The summed E-state index contributed by atoms with van der Waals surface area (Å²) < 4.78 is 11.8. The van der Waals surface area contributed by atoms with Crippen LogP contribution < -0.4 is 10.6 Å². The number of carbonyl (C=O) groups is 4. The Bertz CT molecular complexity index is 1290. The van der Waals surface area contributed by atoms with E-state index in [2.05, 4.69) is 25.3 Å². The minimum Gasteiger partial charge on any atom is -0.464 e. The summed E-state index contributed by atoms with van der Waals surface area (Å²) >= 11 is 0. The number of alkyl carbamates (subject to hydrolysis) is 1. The molecule has 11 nitrogen and oxygen atoms in total. The molecule has 0 spiro atoms. The van der Waals surface area contributed by atoms with Crippen LogP contribution >= 0.6 is 0 Å². The number of aryl methyl sites for hydroxylation is 1. The van der Waals surface area contributed by atoms with Gasteiger partial charge in [0.1, 0.15) is 23.3 Å². The average molecular weight is 510 g/mol. The van der Waals surface area contributed by atoms with Crippen LogP contribution in [0.5, 0.6) is 0 Å². The fourth-order valence-corrected chi connectivity index (χ4v) is 3.56. The zero-order valence-electron chi connectivity index (χ0n) is 21.4. The van der Waals surface area contributed by atoms with E-state index in [0.29, 0.717) is 30.1 Å². The summed E-state index contributed by atoms with van der Waals surface area (Å²) in [5, 5.41) is 5.50. The maximum atomic E-state index is 12.9. The first kappa shape index (κ1) is 27.3. The maximum absolute atomic E-state index is 12.9. The Morgan fingerprint density at radius 1 is 1.03 bits per heavy atom. The zero-order chi connectivity index (χ0) is 27.0. The number of anilines is 1. The number of benzene rings is 1. The SMILES string of the molecule is COC(=O)c1cccc(C(=O)Nc2nc3cc(C=O)ccc3n2CCCCCNC(=O)OC(C)(C)C)n1. The number of hydrogen-bond donors (Lipinski definition) is 2. The molecule has 1 aromatic carbocycles. The standard InChI is InChI=1S/C26H31N5O6/c1-26(2,3)37-25(35)27-13-6-5-7-14-31-21-12-11-17(16-32)15-20(21)29-24(31)30-22(33)18-9-8-10-19(28-18)23(34)36-4/h8-12,15-16H,5-7,13-14H2,1-4H3,(H,27,35)(H,29,30,33). The smallest absolute Gasteiger partial charge is 0.407 e. The molecule has 0 bridgehead atoms. The Kier molecular flexibility index (Phi) is 8.94. The van der Waals surface area contributed by atoms with Crippen LogP contribution in [0.2, 0.25) is 0 Å². The van der Waals surface area contributed by atoms with Crippen molar-refractivity contribution in [2.45, 2.75) is 52.2 Å². The molecule has 0 aliphatic carbocycles. The van der Waals surface area contributed by atoms with Gasteiger partial charge in [0.05, 0.1) is 18.1 Å². The number of pyridine rings is 1. The molecule has 0 saturated carbocycles. The lowest BCUT2D eigenvalue weighted by atomic mass is 10.2. The average Bonchev–Trinajstić information content (AvgIpc) is 3.20. The van der Waals surface area contributed by atoms with Gasteiger partial charge in [-0.25, -0.2) is 19.6 Å². The molecule has 2 aromatic heterocycles. The van der Waals surface area contributed by atoms with Crippen LogP contribution in [0.25, 0.3) is 11.0 Å². The fraction of sp³-hybridized carbons (Fsp3) is 0.385. The largest absolute Gasteiger partial charge is 0.464 e. The molecule has 3 aromatic rings. The maximum Gasteiger partial charge on any atom is 0.407 e. The zero-order valence-corrected chi connectivity index (χ0v) is 21.4. The van der Waals surface area contributed by atoms with E-state index in [4.69, 9.17) is 4.74 Å². The van der Waals surface area contributed by atoms with Crippen LogP contribution in [0.3, 0.4) is 0 Å². The highest BCUT2D eigenvalue weighted by Crippen LogP contribution is 2.22. The monoisotopic (exact) mass is 509 g/mol. The first-order valence-corrected chi connectivity index (χ1v) is 11.9. The van der Waals surface area contributed by atoms with Crippen molar-refractivity contribution in [1.82, 2.24) is 19.9 Å². The molecular formula is C26H31N5O6. The van der Waals surface area contributed by atoms with E-state index in [0.717, 1.165) is 31.1 Å². The predicted octanol–water partition coefficient (Wildman–Crippen LogP) is 3.98. The summed E-state index contributed by atoms with van der Waals surface area (Å²) in [6, 6.07) is 9.59. The number of unbranched alkanes of at least 4 members (excludes halogenated alkanes) is 2. The molecule has 0 atom stereocenters. The van der Waals surface area contributed by atoms with Crippen LogP contribution in [0, 0.1) is 0 Å². The number of aldehydes is 1. The molecule has 0 unspecified atom stereocenters. The van der Waals surface area contributed by atoms with E-state index >= 15 is 0 Å². The molecular weight excluding hydrogens is 478 g/mol. The number of aromatic nitrogens is 3. The lowest BCUT2D eigenvalue weighted by Gasteiger charge is -2.19. The minimum absolute atomic E-state index is 0.0132. The van der Waals surface area contributed by atoms with Crippen molar-refractivity contribution in [2.75, 3.05) is 19.0 Å². The highest BCUT2D eigenvalue weighted by atomic mass is 16.6. The lowest BCUT2D eigenvalue weighted by molar-refractivity contribution is 0.0525. The number of nitrogens with one attached hydrogen (secondary N) is 2. The van der Waals surface area contributed by atoms with Gasteiger partial charge in [-0.2, -0.15) is 0 Å². The molecule has 37 heavy (non-hydrogen) atoms. The second-order valence-electron chi connectivity index (χ2n) is 9.30. The van der Waals surface area contributed by atoms with Crippen molar-refractivity contribution in [3.63, 3.8) is 0 Å². The highest BCUT2D eigenvalue weighted by molar-refractivity contribution is 6.03. The van der Waals surface area contributed by atoms with E-state index in [1.165, 1.54) is 19.2 Å². The van der Waals surface area contributed by atoms with Crippen molar-refractivity contribution in [3.05, 3.63) is 53.3 Å². The van der Waals surface area contributed by atoms with Crippen molar-refractivity contribution in [2.24, 2.45) is 0 Å². The molecule has 0 radical (unpaired) electrons. The number of imidazole rings is 1. The van der Waals surface area contributed by atoms with Crippen LogP contribution in [-0.2, 0) is 16.0 Å². The van der Waals surface area contributed by atoms with Crippen LogP contribution in [0.1, 0.15) is 71.4 Å². The molecule has 196 valence electrons. The van der Waals surface area contributed by atoms with Crippen molar-refractivity contribution in [3.8, 4) is 0 Å². The number of nitrogens with zero attached hydrogens (tertiary/aromatic N) is 3. The second kappa shape index (κ2) is 12.1. The van der Waals surface area contributed by atoms with Crippen LogP contribution in [-0.4, -0.2) is 58.0 Å². The Morgan fingerprint density at radius 2 is 1.78 bits per heavy atom. The summed E-state index contributed by atoms with van der Waals surface area (Å²) in [5.74, 6) is -0.899. The molecule has 3 rings (SSSR count). The van der Waals surface area contributed by atoms with E-state index < -0.39 is 23.6 Å². The van der Waals surface area contributed by atoms with Gasteiger partial charge in [-0.1, -0.05) is 6.07 Å². The van der Waals surface area contributed by atoms with Crippen molar-refractivity contribution < 1.29 is 28.7 Å². The summed E-state index contributed by atoms with van der Waals surface area (Å²) in [4.78, 5) is 56.3. The third-order valence-electron chi connectivity index (χ3n) is 5.24. The Labute approximate surface area is 214 Å². The van der Waals surface area contributed by atoms with Crippen LogP contribution in [0.4, 0.5) is 10.7 Å². The van der Waals surface area contributed by atoms with Gasteiger partial charge in [0.15, 0.2) is 0 Å². The van der Waals surface area contributed by atoms with Gasteiger partial charge in [-0.3, -0.25) is 14.9 Å². The number of ether oxygens (including phenoxy) is 2. The topological polar surface area (TPSA) is 142 Å². The van der Waals surface area contributed by atoms with Gasteiger partial charge < -0.3 is 19.4 Å². The number of rotatable bonds is 10. The van der Waals surface area contributed by atoms with E-state index in [1.807, 2.05) is 25.3 Å². The lowest BCUT2D eigenvalue weighted by Crippen LogP contribution is -2.33. The molecule has 0 aliphatic rings. The number of methoxy groups -OCH3 is 1. The number of fused-ring (bicyclic) bond motifs is 1. The molecule has 11 heteroatoms. The predicted molar refractivity (Wildman–Crippen MR) is 137 cm³/mol. The minimum atomic E-state index is -0.649. The van der Waals surface area contributed by atoms with Crippen LogP contribution in [0.15, 0.2) is 36.4 Å². The first-order valence-electron chi connectivity index (χ1n) is 11.9. The van der Waals surface area contributed by atoms with Gasteiger partial charge in [-0.05, 0) is 70.4 Å². The normalized spacial score (nSPS) is 11.1. The quantitative estimate of drug-likeness (QED) is 0.237. The van der Waals surface area contributed by atoms with Crippen molar-refractivity contribution in [1.29, 1.82) is 0 Å². The van der Waals surface area contributed by atoms with E-state index in [-0.39, 0.29) is 11.4 Å². The second-order valence-corrected chi connectivity index (χ2v) is 9.30. The third-order valence-corrected chi connectivity index (χ3v) is 5.24. The van der Waals surface area contributed by atoms with Gasteiger partial charge in [0, 0.05) is 18.7 Å². The number of hydrogen-bond acceptors (Lipinski definition) is 8. The van der Waals surface area contributed by atoms with Crippen molar-refractivity contribution >= 4 is 41.2 Å². The molecule has 2 amide bonds. The summed E-state index contributed by atoms with van der Waals surface area (Å²) in [6.07, 6.45) is 2.58. The number of esters is 1. The molecule has 2 heterocycles. The summed E-state index contributed by atoms with van der Waals surface area (Å²) in [7, 11) is 1.24. The Morgan fingerprint density at radius 3 is 2.49 bits per heavy atom. The third kappa shape index (κ3) is 7.60. The Hall–Kier alpha value is -4.28. The van der Waals surface area contributed by atoms with Gasteiger partial charge >= 0.3 is 12.1 Å². The molecule has 0 fully saturated rings. The van der Waals surface area contributed by atoms with Gasteiger partial charge in [0.25, 0.3) is 5.91 Å². The van der Waals surface area contributed by atoms with E-state index in [9.17, 15) is 19.2 Å². The van der Waals surface area contributed by atoms with Gasteiger partial charge in [0.2, 0.25) is 5.95 Å². The molecule has 0 aliphatic heterocycles. The number of carbonyl (C=O) groups excluding carboxylic acids is 4. The summed E-state index contributed by atoms with van der Waals surface area (Å²) in [5.41, 5.74) is 1.28. The number of amides is 2. The molecule has 0 saturated heterocycles. The van der Waals surface area contributed by atoms with Gasteiger partial charge in [-0.15, -0.1) is 0 Å². The first-order chi connectivity index (χ1) is 17.6. The van der Waals surface area contributed by atoms with E-state index in [1.54, 1.807) is 24.3 Å². The Balaban J connectivity index is 1.70. The highest BCUT2D eigenvalue weighted by Gasteiger charge is 2.18.